The van der Waals surface area contributed by atoms with E-state index in [0.29, 0.717) is 5.56 Å². The number of carbonyl (C=O) groups is 1. The zero-order valence-electron chi connectivity index (χ0n) is 16.3. The van der Waals surface area contributed by atoms with Gasteiger partial charge in [0.1, 0.15) is 6.17 Å². The molecule has 4 nitrogen and oxygen atoms in total. The number of nitrogens with one attached hydrogen (secondary N) is 3. The summed E-state index contributed by atoms with van der Waals surface area (Å²) in [6, 6.07) is 18.9. The van der Waals surface area contributed by atoms with Crippen LogP contribution < -0.4 is 16.0 Å². The molecule has 1 amide bonds. The predicted octanol–water partition coefficient (Wildman–Crippen LogP) is 5.87. The van der Waals surface area contributed by atoms with Crippen LogP contribution in [-0.2, 0) is 0 Å². The third-order valence-corrected chi connectivity index (χ3v) is 5.42. The van der Waals surface area contributed by atoms with Crippen LogP contribution in [0, 0.1) is 13.8 Å². The number of benzene rings is 3. The van der Waals surface area contributed by atoms with Gasteiger partial charge in [-0.1, -0.05) is 88.9 Å². The Kier molecular flexibility index (Phi) is 7.09. The molecule has 8 heteroatoms. The van der Waals surface area contributed by atoms with E-state index in [0.717, 1.165) is 27.6 Å². The van der Waals surface area contributed by atoms with Crippen molar-refractivity contribution in [3.63, 3.8) is 0 Å². The number of aryl methyl sites for hydroxylation is 2. The smallest absolute Gasteiger partial charge is 0.253 e. The number of anilines is 1. The van der Waals surface area contributed by atoms with E-state index in [9.17, 15) is 4.79 Å². The van der Waals surface area contributed by atoms with Gasteiger partial charge in [-0.2, -0.15) is 0 Å². The molecule has 3 N–H and O–H groups in total. The van der Waals surface area contributed by atoms with Crippen molar-refractivity contribution in [2.75, 3.05) is 5.32 Å². The first-order valence-corrected chi connectivity index (χ1v) is 10.7. The van der Waals surface area contributed by atoms with Crippen molar-refractivity contribution in [3.05, 3.63) is 77.4 Å². The fourth-order valence-corrected chi connectivity index (χ4v) is 3.63. The first kappa shape index (κ1) is 22.6. The average molecular weight is 481 g/mol. The van der Waals surface area contributed by atoms with E-state index in [1.165, 1.54) is 0 Å². The van der Waals surface area contributed by atoms with Gasteiger partial charge in [0, 0.05) is 11.3 Å². The Morgan fingerprint density at radius 3 is 2.37 bits per heavy atom. The zero-order chi connectivity index (χ0) is 21.9. The van der Waals surface area contributed by atoms with Crippen molar-refractivity contribution >= 4 is 74.5 Å². The molecule has 0 saturated heterocycles. The fraction of sp³-hybridized carbons (Fsp3) is 0.182. The fourth-order valence-electron chi connectivity index (χ4n) is 3.08. The third kappa shape index (κ3) is 5.55. The van der Waals surface area contributed by atoms with Crippen molar-refractivity contribution in [1.29, 1.82) is 0 Å². The van der Waals surface area contributed by atoms with E-state index in [-0.39, 0.29) is 11.0 Å². The molecule has 1 atom stereocenters. The van der Waals surface area contributed by atoms with Crippen molar-refractivity contribution in [2.24, 2.45) is 0 Å². The Morgan fingerprint density at radius 1 is 0.967 bits per heavy atom. The first-order valence-electron chi connectivity index (χ1n) is 9.15. The second-order valence-electron chi connectivity index (χ2n) is 6.89. The van der Waals surface area contributed by atoms with Crippen molar-refractivity contribution in [1.82, 2.24) is 10.6 Å². The number of hydrogen-bond donors (Lipinski definition) is 3. The van der Waals surface area contributed by atoms with Gasteiger partial charge >= 0.3 is 0 Å². The Labute approximate surface area is 195 Å². The molecule has 0 unspecified atom stereocenters. The molecule has 0 radical (unpaired) electrons. The molecule has 0 heterocycles. The number of carbonyl (C=O) groups excluding carboxylic acids is 1. The summed E-state index contributed by atoms with van der Waals surface area (Å²) in [6.45, 7) is 3.97. The highest BCUT2D eigenvalue weighted by molar-refractivity contribution is 7.80. The topological polar surface area (TPSA) is 53.2 Å². The lowest BCUT2D eigenvalue weighted by molar-refractivity contribution is 0.0936. The number of halogens is 3. The van der Waals surface area contributed by atoms with Crippen LogP contribution in [0.1, 0.15) is 21.5 Å². The van der Waals surface area contributed by atoms with Crippen LogP contribution in [0.3, 0.4) is 0 Å². The maximum absolute atomic E-state index is 13.0. The van der Waals surface area contributed by atoms with Gasteiger partial charge in [-0.15, -0.1) is 0 Å². The number of thiocarbonyl (C=S) groups is 1. The largest absolute Gasteiger partial charge is 0.339 e. The number of amides is 1. The normalized spacial score (nSPS) is 12.3. The number of alkyl halides is 3. The zero-order valence-corrected chi connectivity index (χ0v) is 19.4. The summed E-state index contributed by atoms with van der Waals surface area (Å²) >= 11 is 23.7. The van der Waals surface area contributed by atoms with E-state index in [2.05, 4.69) is 16.0 Å². The summed E-state index contributed by atoms with van der Waals surface area (Å²) in [6.07, 6.45) is -1.06. The summed E-state index contributed by atoms with van der Waals surface area (Å²) in [5, 5.41) is 10.7. The number of rotatable bonds is 4. The molecule has 3 aromatic rings. The summed E-state index contributed by atoms with van der Waals surface area (Å²) in [5.74, 6) is -0.384. The van der Waals surface area contributed by atoms with Crippen LogP contribution in [0.5, 0.6) is 0 Å². The third-order valence-electron chi connectivity index (χ3n) is 4.54. The second kappa shape index (κ2) is 9.40. The molecular formula is C22H20Cl3N3OS. The highest BCUT2D eigenvalue weighted by Gasteiger charge is 2.35. The molecule has 0 aliphatic heterocycles. The van der Waals surface area contributed by atoms with E-state index in [1.807, 2.05) is 62.4 Å². The molecule has 0 aliphatic carbocycles. The quantitative estimate of drug-likeness (QED) is 0.248. The lowest BCUT2D eigenvalue weighted by Gasteiger charge is -2.28. The lowest BCUT2D eigenvalue weighted by atomic mass is 10.0. The van der Waals surface area contributed by atoms with Crippen LogP contribution in [0.25, 0.3) is 10.8 Å². The van der Waals surface area contributed by atoms with Crippen LogP contribution >= 0.6 is 47.0 Å². The van der Waals surface area contributed by atoms with E-state index in [4.69, 9.17) is 47.0 Å². The van der Waals surface area contributed by atoms with Crippen molar-refractivity contribution in [2.45, 2.75) is 23.8 Å². The van der Waals surface area contributed by atoms with Gasteiger partial charge in [-0.05, 0) is 54.5 Å². The number of fused-ring (bicyclic) bond motifs is 1. The van der Waals surface area contributed by atoms with Crippen LogP contribution in [0.15, 0.2) is 60.7 Å². The predicted molar refractivity (Wildman–Crippen MR) is 131 cm³/mol. The van der Waals surface area contributed by atoms with Crippen LogP contribution in [-0.4, -0.2) is 21.0 Å². The molecule has 0 spiro atoms. The molecule has 0 aliphatic rings. The Morgan fingerprint density at radius 2 is 1.67 bits per heavy atom. The molecule has 30 heavy (non-hydrogen) atoms. The first-order chi connectivity index (χ1) is 14.1. The molecule has 0 saturated carbocycles. The summed E-state index contributed by atoms with van der Waals surface area (Å²) < 4.78 is -1.84. The SMILES string of the molecule is Cc1ccc(NC(=S)N[C@@H](NC(=O)c2cccc3ccccc23)C(Cl)(Cl)Cl)c(C)c1. The Bertz CT molecular complexity index is 1090. The van der Waals surface area contributed by atoms with Crippen molar-refractivity contribution in [3.8, 4) is 0 Å². The summed E-state index contributed by atoms with van der Waals surface area (Å²) in [5.41, 5.74) is 3.45. The lowest BCUT2D eigenvalue weighted by Crippen LogP contribution is -2.56. The van der Waals surface area contributed by atoms with Gasteiger partial charge in [0.2, 0.25) is 3.79 Å². The Hall–Kier alpha value is -2.05. The minimum Gasteiger partial charge on any atom is -0.339 e. The minimum atomic E-state index is -1.84. The van der Waals surface area contributed by atoms with Gasteiger partial charge < -0.3 is 16.0 Å². The molecule has 0 aromatic heterocycles. The van der Waals surface area contributed by atoms with Crippen LogP contribution in [0.2, 0.25) is 0 Å². The molecule has 0 bridgehead atoms. The molecule has 156 valence electrons. The highest BCUT2D eigenvalue weighted by atomic mass is 35.6. The molecule has 0 fully saturated rings. The molecule has 3 rings (SSSR count). The van der Waals surface area contributed by atoms with Gasteiger partial charge in [-0.25, -0.2) is 0 Å². The molecular weight excluding hydrogens is 461 g/mol. The highest BCUT2D eigenvalue weighted by Crippen LogP contribution is 2.30. The minimum absolute atomic E-state index is 0.219. The standard InChI is InChI=1S/C22H20Cl3N3OS/c1-13-10-11-18(14(2)12-13)26-21(30)28-20(22(23,24)25)27-19(29)17-9-5-7-15-6-3-4-8-16(15)17/h3-12,20H,1-2H3,(H,27,29)(H2,26,28,30)/t20-/m1/s1. The van der Waals surface area contributed by atoms with Gasteiger partial charge in [0.25, 0.3) is 5.91 Å². The van der Waals surface area contributed by atoms with E-state index >= 15 is 0 Å². The summed E-state index contributed by atoms with van der Waals surface area (Å²) in [7, 11) is 0. The second-order valence-corrected chi connectivity index (χ2v) is 9.67. The van der Waals surface area contributed by atoms with Gasteiger partial charge in [-0.3, -0.25) is 4.79 Å². The van der Waals surface area contributed by atoms with Gasteiger partial charge in [0.05, 0.1) is 0 Å². The monoisotopic (exact) mass is 479 g/mol. The average Bonchev–Trinajstić information content (AvgIpc) is 2.68. The van der Waals surface area contributed by atoms with E-state index in [1.54, 1.807) is 12.1 Å². The maximum Gasteiger partial charge on any atom is 0.253 e. The summed E-state index contributed by atoms with van der Waals surface area (Å²) in [4.78, 5) is 13.0. The van der Waals surface area contributed by atoms with Crippen molar-refractivity contribution < 1.29 is 4.79 Å². The number of hydrogen-bond acceptors (Lipinski definition) is 2. The molecule has 3 aromatic carbocycles. The van der Waals surface area contributed by atoms with Crippen LogP contribution in [0.4, 0.5) is 5.69 Å². The van der Waals surface area contributed by atoms with Gasteiger partial charge in [0.15, 0.2) is 5.11 Å². The Balaban J connectivity index is 1.77. The maximum atomic E-state index is 13.0. The van der Waals surface area contributed by atoms with E-state index < -0.39 is 9.96 Å².